The number of phenols is 1. The third-order valence-electron chi connectivity index (χ3n) is 1.49. The van der Waals surface area contributed by atoms with Crippen LogP contribution < -0.4 is 10.6 Å². The summed E-state index contributed by atoms with van der Waals surface area (Å²) in [5.41, 5.74) is 0.754. The van der Waals surface area contributed by atoms with Crippen molar-refractivity contribution < 1.29 is 9.84 Å². The molecule has 0 radical (unpaired) electrons. The van der Waals surface area contributed by atoms with Gasteiger partial charge in [-0.2, -0.15) is 5.10 Å². The molecule has 0 aliphatic heterocycles. The number of phenolic OH excluding ortho intramolecular Hbond substituents is 1. The van der Waals surface area contributed by atoms with Gasteiger partial charge in [-0.3, -0.25) is 0 Å². The Hall–Kier alpha value is -1.23. The van der Waals surface area contributed by atoms with Crippen LogP contribution in [0.1, 0.15) is 5.56 Å². The Morgan fingerprint density at radius 3 is 2.85 bits per heavy atom. The zero-order chi connectivity index (χ0) is 9.84. The topological polar surface area (TPSA) is 67.8 Å². The molecule has 5 heteroatoms. The lowest BCUT2D eigenvalue weighted by Crippen LogP contribution is -1.90. The minimum absolute atomic E-state index is 0.0664. The molecule has 0 saturated carbocycles. The van der Waals surface area contributed by atoms with Gasteiger partial charge in [-0.1, -0.05) is 0 Å². The SMILES string of the molecule is COc1cc(C=NN)cc(Br)c1O. The van der Waals surface area contributed by atoms with Crippen LogP contribution >= 0.6 is 15.9 Å². The van der Waals surface area contributed by atoms with Crippen molar-refractivity contribution in [3.8, 4) is 11.5 Å². The van der Waals surface area contributed by atoms with Crippen molar-refractivity contribution in [2.75, 3.05) is 7.11 Å². The largest absolute Gasteiger partial charge is 0.503 e. The van der Waals surface area contributed by atoms with Gasteiger partial charge in [-0.25, -0.2) is 0 Å². The molecule has 0 amide bonds. The molecule has 0 atom stereocenters. The average molecular weight is 245 g/mol. The fraction of sp³-hybridized carbons (Fsp3) is 0.125. The molecule has 0 spiro atoms. The Labute approximate surface area is 84.1 Å². The number of rotatable bonds is 2. The van der Waals surface area contributed by atoms with Crippen molar-refractivity contribution in [2.45, 2.75) is 0 Å². The highest BCUT2D eigenvalue weighted by Gasteiger charge is 2.06. The summed E-state index contributed by atoms with van der Waals surface area (Å²) in [5.74, 6) is 5.44. The molecule has 0 heterocycles. The molecule has 0 aromatic heterocycles. The standard InChI is InChI=1S/C8H9BrN2O2/c1-13-7-3-5(4-11-10)2-6(9)8(7)12/h2-4,12H,10H2,1H3. The van der Waals surface area contributed by atoms with Crippen molar-refractivity contribution in [3.63, 3.8) is 0 Å². The Kier molecular flexibility index (Phi) is 3.13. The Balaban J connectivity index is 3.21. The molecule has 4 nitrogen and oxygen atoms in total. The Morgan fingerprint density at radius 1 is 1.62 bits per heavy atom. The third-order valence-corrected chi connectivity index (χ3v) is 2.10. The van der Waals surface area contributed by atoms with Crippen molar-refractivity contribution in [1.29, 1.82) is 0 Å². The van der Waals surface area contributed by atoms with E-state index in [1.54, 1.807) is 12.1 Å². The lowest BCUT2D eigenvalue weighted by molar-refractivity contribution is 0.372. The van der Waals surface area contributed by atoms with E-state index in [0.717, 1.165) is 5.56 Å². The lowest BCUT2D eigenvalue weighted by atomic mass is 10.2. The summed E-state index contributed by atoms with van der Waals surface area (Å²) in [7, 11) is 1.48. The van der Waals surface area contributed by atoms with E-state index in [1.807, 2.05) is 0 Å². The van der Waals surface area contributed by atoms with E-state index in [0.29, 0.717) is 10.2 Å². The highest BCUT2D eigenvalue weighted by atomic mass is 79.9. The molecule has 70 valence electrons. The molecule has 0 saturated heterocycles. The number of halogens is 1. The van der Waals surface area contributed by atoms with E-state index >= 15 is 0 Å². The van der Waals surface area contributed by atoms with E-state index in [1.165, 1.54) is 13.3 Å². The van der Waals surface area contributed by atoms with Crippen LogP contribution in [0.2, 0.25) is 0 Å². The van der Waals surface area contributed by atoms with Gasteiger partial charge >= 0.3 is 0 Å². The number of aromatic hydroxyl groups is 1. The first-order valence-corrected chi connectivity index (χ1v) is 4.28. The van der Waals surface area contributed by atoms with Crippen LogP contribution in [0.5, 0.6) is 11.5 Å². The van der Waals surface area contributed by atoms with Crippen molar-refractivity contribution in [1.82, 2.24) is 0 Å². The zero-order valence-corrected chi connectivity index (χ0v) is 8.58. The average Bonchev–Trinajstić information content (AvgIpc) is 2.11. The highest BCUT2D eigenvalue weighted by molar-refractivity contribution is 9.10. The van der Waals surface area contributed by atoms with Crippen LogP contribution in [0.4, 0.5) is 0 Å². The summed E-state index contributed by atoms with van der Waals surface area (Å²) in [6.07, 6.45) is 1.46. The van der Waals surface area contributed by atoms with E-state index in [2.05, 4.69) is 21.0 Å². The van der Waals surface area contributed by atoms with Crippen LogP contribution in [0.3, 0.4) is 0 Å². The molecular formula is C8H9BrN2O2. The fourth-order valence-electron chi connectivity index (χ4n) is 0.910. The molecule has 0 aliphatic rings. The quantitative estimate of drug-likeness (QED) is 0.470. The monoisotopic (exact) mass is 244 g/mol. The third kappa shape index (κ3) is 2.12. The maximum absolute atomic E-state index is 9.44. The molecule has 0 unspecified atom stereocenters. The molecule has 3 N–H and O–H groups in total. The van der Waals surface area contributed by atoms with Gasteiger partial charge in [-0.15, -0.1) is 0 Å². The number of benzene rings is 1. The predicted octanol–water partition coefficient (Wildman–Crippen LogP) is 1.46. The van der Waals surface area contributed by atoms with E-state index in [9.17, 15) is 5.11 Å². The smallest absolute Gasteiger partial charge is 0.172 e. The number of nitrogens with zero attached hydrogens (tertiary/aromatic N) is 1. The van der Waals surface area contributed by atoms with E-state index in [-0.39, 0.29) is 5.75 Å². The van der Waals surface area contributed by atoms with Crippen LogP contribution in [0.15, 0.2) is 21.7 Å². The van der Waals surface area contributed by atoms with Crippen molar-refractivity contribution >= 4 is 22.1 Å². The van der Waals surface area contributed by atoms with Gasteiger partial charge in [0.1, 0.15) is 0 Å². The molecule has 1 aromatic rings. The van der Waals surface area contributed by atoms with Crippen LogP contribution in [-0.4, -0.2) is 18.4 Å². The maximum atomic E-state index is 9.44. The minimum Gasteiger partial charge on any atom is -0.503 e. The van der Waals surface area contributed by atoms with Gasteiger partial charge in [-0.05, 0) is 33.6 Å². The summed E-state index contributed by atoms with van der Waals surface area (Å²) in [5, 5.41) is 12.8. The van der Waals surface area contributed by atoms with Crippen LogP contribution in [0.25, 0.3) is 0 Å². The lowest BCUT2D eigenvalue weighted by Gasteiger charge is -2.05. The second-order valence-electron chi connectivity index (χ2n) is 2.33. The summed E-state index contributed by atoms with van der Waals surface area (Å²) < 4.78 is 5.47. The summed E-state index contributed by atoms with van der Waals surface area (Å²) >= 11 is 3.18. The molecule has 0 fully saturated rings. The van der Waals surface area contributed by atoms with Gasteiger partial charge in [0.05, 0.1) is 17.8 Å². The molecule has 1 rings (SSSR count). The number of hydrogen-bond acceptors (Lipinski definition) is 4. The number of nitrogens with two attached hydrogens (primary N) is 1. The van der Waals surface area contributed by atoms with Gasteiger partial charge in [0.25, 0.3) is 0 Å². The van der Waals surface area contributed by atoms with E-state index in [4.69, 9.17) is 10.6 Å². The molecular weight excluding hydrogens is 236 g/mol. The second-order valence-corrected chi connectivity index (χ2v) is 3.19. The minimum atomic E-state index is 0.0664. The highest BCUT2D eigenvalue weighted by Crippen LogP contribution is 2.34. The predicted molar refractivity (Wildman–Crippen MR) is 54.1 cm³/mol. The van der Waals surface area contributed by atoms with Crippen molar-refractivity contribution in [2.24, 2.45) is 10.9 Å². The van der Waals surface area contributed by atoms with Crippen LogP contribution in [-0.2, 0) is 0 Å². The first-order valence-electron chi connectivity index (χ1n) is 3.48. The number of hydrogen-bond donors (Lipinski definition) is 2. The zero-order valence-electron chi connectivity index (χ0n) is 6.99. The van der Waals surface area contributed by atoms with Gasteiger partial charge in [0.2, 0.25) is 0 Å². The molecule has 0 aliphatic carbocycles. The molecule has 1 aromatic carbocycles. The molecule has 0 bridgehead atoms. The summed E-state index contributed by atoms with van der Waals surface area (Å²) in [6.45, 7) is 0. The van der Waals surface area contributed by atoms with Crippen LogP contribution in [0, 0.1) is 0 Å². The maximum Gasteiger partial charge on any atom is 0.172 e. The first-order chi connectivity index (χ1) is 6.19. The fourth-order valence-corrected chi connectivity index (χ4v) is 1.37. The summed E-state index contributed by atoms with van der Waals surface area (Å²) in [4.78, 5) is 0. The van der Waals surface area contributed by atoms with Gasteiger partial charge < -0.3 is 15.7 Å². The number of ether oxygens (including phenoxy) is 1. The number of hydrazone groups is 1. The Bertz CT molecular complexity index is 339. The van der Waals surface area contributed by atoms with Crippen molar-refractivity contribution in [3.05, 3.63) is 22.2 Å². The second kappa shape index (κ2) is 4.13. The summed E-state index contributed by atoms with van der Waals surface area (Å²) in [6, 6.07) is 3.32. The van der Waals surface area contributed by atoms with Gasteiger partial charge in [0, 0.05) is 0 Å². The van der Waals surface area contributed by atoms with E-state index < -0.39 is 0 Å². The first kappa shape index (κ1) is 9.85. The normalized spacial score (nSPS) is 10.6. The Morgan fingerprint density at radius 2 is 2.31 bits per heavy atom. The van der Waals surface area contributed by atoms with Gasteiger partial charge in [0.15, 0.2) is 11.5 Å². The molecule has 13 heavy (non-hydrogen) atoms. The number of methoxy groups -OCH3 is 1.